The first-order valence-corrected chi connectivity index (χ1v) is 10.6. The number of rotatable bonds is 18. The third kappa shape index (κ3) is 18.0. The lowest BCUT2D eigenvalue weighted by Gasteiger charge is -2.11. The standard InChI is InChI=1S/C21H45N/c1-3-5-7-9-11-12-14-16-18-20-21(22)19-17-15-13-10-8-6-4-2/h21H,3-20,22H2,1-2H3. The fraction of sp³-hybridized carbons (Fsp3) is 1.00. The normalized spacial score (nSPS) is 12.7. The lowest BCUT2D eigenvalue weighted by molar-refractivity contribution is 0.480. The molecule has 0 fully saturated rings. The summed E-state index contributed by atoms with van der Waals surface area (Å²) in [6, 6.07) is 0.472. The summed E-state index contributed by atoms with van der Waals surface area (Å²) < 4.78 is 0. The highest BCUT2D eigenvalue weighted by atomic mass is 14.6. The molecular formula is C21H45N. The van der Waals surface area contributed by atoms with Gasteiger partial charge in [0, 0.05) is 6.04 Å². The minimum atomic E-state index is 0.472. The van der Waals surface area contributed by atoms with Crippen LogP contribution in [0.5, 0.6) is 0 Å². The molecule has 1 atom stereocenters. The third-order valence-corrected chi connectivity index (χ3v) is 4.86. The Morgan fingerprint density at radius 1 is 0.455 bits per heavy atom. The van der Waals surface area contributed by atoms with Gasteiger partial charge >= 0.3 is 0 Å². The first-order valence-electron chi connectivity index (χ1n) is 10.6. The molecule has 2 N–H and O–H groups in total. The van der Waals surface area contributed by atoms with Crippen LogP contribution in [-0.4, -0.2) is 6.04 Å². The van der Waals surface area contributed by atoms with E-state index in [2.05, 4.69) is 13.8 Å². The zero-order valence-electron chi connectivity index (χ0n) is 15.9. The molecule has 0 bridgehead atoms. The van der Waals surface area contributed by atoms with Crippen molar-refractivity contribution in [2.45, 2.75) is 135 Å². The van der Waals surface area contributed by atoms with Crippen LogP contribution in [0.25, 0.3) is 0 Å². The van der Waals surface area contributed by atoms with Crippen molar-refractivity contribution in [3.05, 3.63) is 0 Å². The summed E-state index contributed by atoms with van der Waals surface area (Å²) in [4.78, 5) is 0. The fourth-order valence-electron chi connectivity index (χ4n) is 3.23. The third-order valence-electron chi connectivity index (χ3n) is 4.86. The van der Waals surface area contributed by atoms with E-state index in [1.165, 1.54) is 116 Å². The van der Waals surface area contributed by atoms with E-state index in [9.17, 15) is 0 Å². The molecule has 0 aliphatic carbocycles. The molecule has 0 amide bonds. The molecule has 22 heavy (non-hydrogen) atoms. The van der Waals surface area contributed by atoms with Gasteiger partial charge in [-0.3, -0.25) is 0 Å². The molecule has 0 radical (unpaired) electrons. The number of unbranched alkanes of at least 4 members (excludes halogenated alkanes) is 14. The Kier molecular flexibility index (Phi) is 19.0. The second kappa shape index (κ2) is 19.0. The minimum Gasteiger partial charge on any atom is -0.328 e. The van der Waals surface area contributed by atoms with Crippen LogP contribution in [-0.2, 0) is 0 Å². The zero-order valence-corrected chi connectivity index (χ0v) is 15.9. The summed E-state index contributed by atoms with van der Waals surface area (Å²) in [6.07, 6.45) is 25.1. The van der Waals surface area contributed by atoms with Crippen molar-refractivity contribution in [1.29, 1.82) is 0 Å². The Bertz CT molecular complexity index is 190. The quantitative estimate of drug-likeness (QED) is 0.263. The highest BCUT2D eigenvalue weighted by Gasteiger charge is 2.02. The van der Waals surface area contributed by atoms with Gasteiger partial charge in [-0.15, -0.1) is 0 Å². The molecule has 0 spiro atoms. The SMILES string of the molecule is CCCCCCCCCCCC(N)CCCCCCCCC. The minimum absolute atomic E-state index is 0.472. The molecule has 0 saturated heterocycles. The molecule has 0 aliphatic heterocycles. The Balaban J connectivity index is 3.11. The molecule has 1 nitrogen and oxygen atoms in total. The van der Waals surface area contributed by atoms with E-state index in [-0.39, 0.29) is 0 Å². The van der Waals surface area contributed by atoms with E-state index in [0.717, 1.165) is 0 Å². The number of nitrogens with two attached hydrogens (primary N) is 1. The van der Waals surface area contributed by atoms with Crippen LogP contribution in [0.4, 0.5) is 0 Å². The van der Waals surface area contributed by atoms with Crippen LogP contribution in [0, 0.1) is 0 Å². The first kappa shape index (κ1) is 22.0. The zero-order chi connectivity index (χ0) is 16.3. The van der Waals surface area contributed by atoms with Gasteiger partial charge in [-0.1, -0.05) is 117 Å². The smallest absolute Gasteiger partial charge is 0.00388 e. The van der Waals surface area contributed by atoms with Crippen LogP contribution < -0.4 is 5.73 Å². The summed E-state index contributed by atoms with van der Waals surface area (Å²) in [5, 5.41) is 0. The highest BCUT2D eigenvalue weighted by molar-refractivity contribution is 4.62. The van der Waals surface area contributed by atoms with Gasteiger partial charge in [-0.2, -0.15) is 0 Å². The first-order chi connectivity index (χ1) is 10.8. The van der Waals surface area contributed by atoms with Gasteiger partial charge < -0.3 is 5.73 Å². The van der Waals surface area contributed by atoms with Gasteiger partial charge in [-0.05, 0) is 12.8 Å². The van der Waals surface area contributed by atoms with Gasteiger partial charge in [0.15, 0.2) is 0 Å². The molecular weight excluding hydrogens is 266 g/mol. The molecule has 134 valence electrons. The maximum absolute atomic E-state index is 6.23. The van der Waals surface area contributed by atoms with Crippen LogP contribution >= 0.6 is 0 Å². The Labute approximate surface area is 141 Å². The van der Waals surface area contributed by atoms with Crippen molar-refractivity contribution in [1.82, 2.24) is 0 Å². The largest absolute Gasteiger partial charge is 0.328 e. The van der Waals surface area contributed by atoms with Gasteiger partial charge in [-0.25, -0.2) is 0 Å². The molecule has 0 heterocycles. The molecule has 0 rings (SSSR count). The van der Waals surface area contributed by atoms with Gasteiger partial charge in [0.05, 0.1) is 0 Å². The summed E-state index contributed by atoms with van der Waals surface area (Å²) in [6.45, 7) is 4.57. The van der Waals surface area contributed by atoms with E-state index < -0.39 is 0 Å². The summed E-state index contributed by atoms with van der Waals surface area (Å²) in [5.41, 5.74) is 6.23. The maximum Gasteiger partial charge on any atom is 0.00388 e. The second-order valence-corrected chi connectivity index (χ2v) is 7.29. The van der Waals surface area contributed by atoms with Crippen molar-refractivity contribution in [2.24, 2.45) is 5.73 Å². The second-order valence-electron chi connectivity index (χ2n) is 7.29. The lowest BCUT2D eigenvalue weighted by Crippen LogP contribution is -2.19. The van der Waals surface area contributed by atoms with Crippen LogP contribution in [0.1, 0.15) is 129 Å². The van der Waals surface area contributed by atoms with Gasteiger partial charge in [0.25, 0.3) is 0 Å². The molecule has 0 aromatic heterocycles. The number of hydrogen-bond acceptors (Lipinski definition) is 1. The van der Waals surface area contributed by atoms with Crippen molar-refractivity contribution < 1.29 is 0 Å². The summed E-state index contributed by atoms with van der Waals surface area (Å²) in [5.74, 6) is 0. The van der Waals surface area contributed by atoms with E-state index in [4.69, 9.17) is 5.73 Å². The molecule has 0 aliphatic rings. The molecule has 0 aromatic carbocycles. The maximum atomic E-state index is 6.23. The van der Waals surface area contributed by atoms with Gasteiger partial charge in [0.2, 0.25) is 0 Å². The van der Waals surface area contributed by atoms with Crippen molar-refractivity contribution in [2.75, 3.05) is 0 Å². The monoisotopic (exact) mass is 311 g/mol. The topological polar surface area (TPSA) is 26.0 Å². The van der Waals surface area contributed by atoms with E-state index in [1.54, 1.807) is 0 Å². The predicted molar refractivity (Wildman–Crippen MR) is 102 cm³/mol. The average Bonchev–Trinajstić information content (AvgIpc) is 2.52. The van der Waals surface area contributed by atoms with Crippen LogP contribution in [0.2, 0.25) is 0 Å². The van der Waals surface area contributed by atoms with Gasteiger partial charge in [0.1, 0.15) is 0 Å². The van der Waals surface area contributed by atoms with Crippen molar-refractivity contribution in [3.63, 3.8) is 0 Å². The summed E-state index contributed by atoms with van der Waals surface area (Å²) >= 11 is 0. The van der Waals surface area contributed by atoms with Crippen LogP contribution in [0.15, 0.2) is 0 Å². The Morgan fingerprint density at radius 2 is 0.727 bits per heavy atom. The van der Waals surface area contributed by atoms with Crippen LogP contribution in [0.3, 0.4) is 0 Å². The highest BCUT2D eigenvalue weighted by Crippen LogP contribution is 2.14. The van der Waals surface area contributed by atoms with E-state index in [1.807, 2.05) is 0 Å². The molecule has 0 saturated carbocycles. The van der Waals surface area contributed by atoms with Crippen molar-refractivity contribution in [3.8, 4) is 0 Å². The van der Waals surface area contributed by atoms with E-state index in [0.29, 0.717) is 6.04 Å². The number of hydrogen-bond donors (Lipinski definition) is 1. The molecule has 1 unspecified atom stereocenters. The predicted octanol–water partition coefficient (Wildman–Crippen LogP) is 7.38. The molecule has 1 heteroatoms. The average molecular weight is 312 g/mol. The lowest BCUT2D eigenvalue weighted by atomic mass is 10.0. The van der Waals surface area contributed by atoms with Crippen molar-refractivity contribution >= 4 is 0 Å². The van der Waals surface area contributed by atoms with E-state index >= 15 is 0 Å². The fourth-order valence-corrected chi connectivity index (χ4v) is 3.23. The summed E-state index contributed by atoms with van der Waals surface area (Å²) in [7, 11) is 0. The molecule has 0 aromatic rings. The Hall–Kier alpha value is -0.0400. The Morgan fingerprint density at radius 3 is 1.05 bits per heavy atom.